The SMILES string of the molecule is CCCCC1=NOC(CCc2ccccc2)C(=O)N1Cc1ccc(-c2ccccc2C(=O)OC(C)(C)C)cc1. The van der Waals surface area contributed by atoms with E-state index < -0.39 is 11.7 Å². The minimum absolute atomic E-state index is 0.0496. The Balaban J connectivity index is 1.51. The molecular weight excluding hydrogens is 488 g/mol. The zero-order chi connectivity index (χ0) is 27.8. The molecule has 0 fully saturated rings. The molecule has 0 saturated carbocycles. The maximum atomic E-state index is 13.5. The average Bonchev–Trinajstić information content (AvgIpc) is 2.93. The summed E-state index contributed by atoms with van der Waals surface area (Å²) in [5, 5.41) is 4.38. The Labute approximate surface area is 231 Å². The number of nitrogens with zero attached hydrogens (tertiary/aromatic N) is 2. The van der Waals surface area contributed by atoms with E-state index >= 15 is 0 Å². The molecule has 0 N–H and O–H groups in total. The number of carbonyl (C=O) groups is 2. The third-order valence-electron chi connectivity index (χ3n) is 6.58. The highest BCUT2D eigenvalue weighted by Gasteiger charge is 2.33. The molecule has 0 radical (unpaired) electrons. The molecular formula is C33H38N2O4. The molecule has 0 saturated heterocycles. The Morgan fingerprint density at radius 1 is 0.923 bits per heavy atom. The number of hydrogen-bond acceptors (Lipinski definition) is 5. The van der Waals surface area contributed by atoms with Crippen molar-refractivity contribution < 1.29 is 19.2 Å². The number of amidine groups is 1. The van der Waals surface area contributed by atoms with E-state index in [1.807, 2.05) is 81.4 Å². The van der Waals surface area contributed by atoms with Gasteiger partial charge < -0.3 is 9.57 Å². The van der Waals surface area contributed by atoms with Crippen LogP contribution in [0.25, 0.3) is 11.1 Å². The van der Waals surface area contributed by atoms with E-state index in [0.29, 0.717) is 30.8 Å². The van der Waals surface area contributed by atoms with Crippen LogP contribution < -0.4 is 0 Å². The highest BCUT2D eigenvalue weighted by atomic mass is 16.6. The van der Waals surface area contributed by atoms with E-state index in [-0.39, 0.29) is 11.9 Å². The first-order chi connectivity index (χ1) is 18.7. The quantitative estimate of drug-likeness (QED) is 0.263. The summed E-state index contributed by atoms with van der Waals surface area (Å²) < 4.78 is 5.62. The predicted octanol–water partition coefficient (Wildman–Crippen LogP) is 7.17. The van der Waals surface area contributed by atoms with Crippen molar-refractivity contribution >= 4 is 17.7 Å². The molecule has 6 heteroatoms. The molecule has 1 atom stereocenters. The van der Waals surface area contributed by atoms with E-state index in [4.69, 9.17) is 9.57 Å². The smallest absolute Gasteiger partial charge is 0.339 e. The second-order valence-corrected chi connectivity index (χ2v) is 10.9. The van der Waals surface area contributed by atoms with Gasteiger partial charge in [-0.2, -0.15) is 0 Å². The lowest BCUT2D eigenvalue weighted by Gasteiger charge is -2.31. The summed E-state index contributed by atoms with van der Waals surface area (Å²) in [7, 11) is 0. The summed E-state index contributed by atoms with van der Waals surface area (Å²) in [5.41, 5.74) is 3.83. The summed E-state index contributed by atoms with van der Waals surface area (Å²) in [6, 6.07) is 25.5. The number of ether oxygens (including phenoxy) is 1. The first-order valence-corrected chi connectivity index (χ1v) is 13.7. The lowest BCUT2D eigenvalue weighted by Crippen LogP contribution is -2.47. The lowest BCUT2D eigenvalue weighted by molar-refractivity contribution is -0.144. The van der Waals surface area contributed by atoms with E-state index in [1.54, 1.807) is 11.0 Å². The van der Waals surface area contributed by atoms with Crippen LogP contribution >= 0.6 is 0 Å². The molecule has 0 aromatic heterocycles. The van der Waals surface area contributed by atoms with E-state index in [2.05, 4.69) is 24.2 Å². The van der Waals surface area contributed by atoms with Crippen molar-refractivity contribution in [1.82, 2.24) is 4.90 Å². The van der Waals surface area contributed by atoms with Gasteiger partial charge in [0.05, 0.1) is 12.1 Å². The predicted molar refractivity (Wildman–Crippen MR) is 154 cm³/mol. The number of amides is 1. The molecule has 1 aliphatic heterocycles. The van der Waals surface area contributed by atoms with Crippen LogP contribution in [0.15, 0.2) is 84.0 Å². The first-order valence-electron chi connectivity index (χ1n) is 13.7. The van der Waals surface area contributed by atoms with Crippen molar-refractivity contribution in [3.05, 3.63) is 95.6 Å². The Hall–Kier alpha value is -3.93. The fourth-order valence-electron chi connectivity index (χ4n) is 4.54. The standard InChI is InChI=1S/C33H38N2O4/c1-5-6-16-30-34-39-29(22-19-24-12-8-7-9-13-24)31(36)35(30)23-25-17-20-26(21-18-25)27-14-10-11-15-28(27)32(37)38-33(2,3)4/h7-15,17-18,20-21,29H,5-6,16,19,22-23H2,1-4H3. The van der Waals surface area contributed by atoms with Crippen LogP contribution in [-0.2, 0) is 27.3 Å². The van der Waals surface area contributed by atoms with Crippen molar-refractivity contribution in [2.75, 3.05) is 0 Å². The van der Waals surface area contributed by atoms with Crippen molar-refractivity contribution in [1.29, 1.82) is 0 Å². The monoisotopic (exact) mass is 526 g/mol. The van der Waals surface area contributed by atoms with Gasteiger partial charge in [-0.25, -0.2) is 4.79 Å². The van der Waals surface area contributed by atoms with E-state index in [0.717, 1.165) is 36.0 Å². The average molecular weight is 527 g/mol. The topological polar surface area (TPSA) is 68.2 Å². The molecule has 204 valence electrons. The van der Waals surface area contributed by atoms with Crippen LogP contribution in [-0.4, -0.2) is 34.3 Å². The van der Waals surface area contributed by atoms with Crippen molar-refractivity contribution in [2.24, 2.45) is 5.16 Å². The molecule has 0 aliphatic carbocycles. The Bertz CT molecular complexity index is 1290. The lowest BCUT2D eigenvalue weighted by atomic mass is 9.98. The number of hydrogen-bond donors (Lipinski definition) is 0. The molecule has 4 rings (SSSR count). The first kappa shape index (κ1) is 28.1. The number of unbranched alkanes of at least 4 members (excludes halogenated alkanes) is 1. The Morgan fingerprint density at radius 2 is 1.62 bits per heavy atom. The normalized spacial score (nSPS) is 15.5. The van der Waals surface area contributed by atoms with Gasteiger partial charge in [0, 0.05) is 12.8 Å². The van der Waals surface area contributed by atoms with Gasteiger partial charge in [0.2, 0.25) is 6.10 Å². The highest BCUT2D eigenvalue weighted by molar-refractivity contribution is 6.01. The van der Waals surface area contributed by atoms with Crippen LogP contribution in [0.3, 0.4) is 0 Å². The summed E-state index contributed by atoms with van der Waals surface area (Å²) >= 11 is 0. The van der Waals surface area contributed by atoms with Gasteiger partial charge in [-0.15, -0.1) is 0 Å². The third kappa shape index (κ3) is 7.56. The fourth-order valence-corrected chi connectivity index (χ4v) is 4.54. The van der Waals surface area contributed by atoms with Crippen LogP contribution in [0, 0.1) is 0 Å². The Morgan fingerprint density at radius 3 is 2.31 bits per heavy atom. The number of aryl methyl sites for hydroxylation is 1. The molecule has 1 heterocycles. The third-order valence-corrected chi connectivity index (χ3v) is 6.58. The number of esters is 1. The molecule has 0 bridgehead atoms. The molecule has 1 amide bonds. The molecule has 3 aromatic carbocycles. The minimum atomic E-state index is -0.601. The van der Waals surface area contributed by atoms with Gasteiger partial charge in [0.1, 0.15) is 5.60 Å². The largest absolute Gasteiger partial charge is 0.456 e. The fraction of sp³-hybridized carbons (Fsp3) is 0.364. The van der Waals surface area contributed by atoms with Gasteiger partial charge in [-0.1, -0.05) is 91.3 Å². The maximum absolute atomic E-state index is 13.5. The van der Waals surface area contributed by atoms with Crippen molar-refractivity contribution in [2.45, 2.75) is 78.0 Å². The van der Waals surface area contributed by atoms with Gasteiger partial charge >= 0.3 is 5.97 Å². The van der Waals surface area contributed by atoms with Crippen LogP contribution in [0.5, 0.6) is 0 Å². The van der Waals surface area contributed by atoms with Crippen molar-refractivity contribution in [3.63, 3.8) is 0 Å². The number of benzene rings is 3. The van der Waals surface area contributed by atoms with Crippen molar-refractivity contribution in [3.8, 4) is 11.1 Å². The number of carbonyl (C=O) groups excluding carboxylic acids is 2. The molecule has 0 spiro atoms. The van der Waals surface area contributed by atoms with E-state index in [9.17, 15) is 9.59 Å². The number of rotatable bonds is 10. The molecule has 6 nitrogen and oxygen atoms in total. The molecule has 39 heavy (non-hydrogen) atoms. The van der Waals surface area contributed by atoms with Crippen LogP contribution in [0.4, 0.5) is 0 Å². The van der Waals surface area contributed by atoms with Crippen LogP contribution in [0.1, 0.15) is 74.9 Å². The summed E-state index contributed by atoms with van der Waals surface area (Å²) in [5.74, 6) is 0.281. The summed E-state index contributed by atoms with van der Waals surface area (Å²) in [6.45, 7) is 8.12. The zero-order valence-corrected chi connectivity index (χ0v) is 23.4. The summed E-state index contributed by atoms with van der Waals surface area (Å²) in [6.07, 6.45) is 3.34. The molecule has 3 aromatic rings. The summed E-state index contributed by atoms with van der Waals surface area (Å²) in [4.78, 5) is 33.8. The van der Waals surface area contributed by atoms with E-state index in [1.165, 1.54) is 5.56 Å². The van der Waals surface area contributed by atoms with Gasteiger partial charge in [-0.3, -0.25) is 9.69 Å². The minimum Gasteiger partial charge on any atom is -0.456 e. The van der Waals surface area contributed by atoms with Gasteiger partial charge in [0.15, 0.2) is 5.84 Å². The Kier molecular flexibility index (Phi) is 9.18. The molecule has 1 unspecified atom stereocenters. The maximum Gasteiger partial charge on any atom is 0.339 e. The van der Waals surface area contributed by atoms with Crippen LogP contribution in [0.2, 0.25) is 0 Å². The second kappa shape index (κ2) is 12.7. The molecule has 1 aliphatic rings. The van der Waals surface area contributed by atoms with Gasteiger partial charge in [0.25, 0.3) is 5.91 Å². The van der Waals surface area contributed by atoms with Gasteiger partial charge in [-0.05, 0) is 61.9 Å². The number of oxime groups is 1. The zero-order valence-electron chi connectivity index (χ0n) is 23.4. The highest BCUT2D eigenvalue weighted by Crippen LogP contribution is 2.27. The second-order valence-electron chi connectivity index (χ2n) is 10.9.